The highest BCUT2D eigenvalue weighted by Gasteiger charge is 2.18. The molecule has 0 radical (unpaired) electrons. The Morgan fingerprint density at radius 3 is 3.05 bits per heavy atom. The van der Waals surface area contributed by atoms with Crippen molar-refractivity contribution in [2.75, 3.05) is 16.8 Å². The largest absolute Gasteiger partial charge is 0.473 e. The number of hydrogen-bond donors (Lipinski definition) is 1. The number of nitrogens with zero attached hydrogens (tertiary/aromatic N) is 1. The molecule has 0 spiro atoms. The molecule has 1 atom stereocenters. The van der Waals surface area contributed by atoms with Gasteiger partial charge in [-0.1, -0.05) is 22.0 Å². The van der Waals surface area contributed by atoms with Crippen LogP contribution < -0.4 is 10.1 Å². The van der Waals surface area contributed by atoms with Crippen LogP contribution in [0, 0.1) is 0 Å². The summed E-state index contributed by atoms with van der Waals surface area (Å²) in [7, 11) is 0. The van der Waals surface area contributed by atoms with E-state index in [0.717, 1.165) is 28.1 Å². The predicted octanol–water partition coefficient (Wildman–Crippen LogP) is 3.98. The van der Waals surface area contributed by atoms with Crippen molar-refractivity contribution in [1.82, 2.24) is 4.98 Å². The SMILES string of the molecule is O=C(Nc1cccc(Br)c1)c1ccnc(O[C@@H]2CCSC2)c1. The first-order valence-corrected chi connectivity index (χ1v) is 8.93. The van der Waals surface area contributed by atoms with Gasteiger partial charge in [-0.2, -0.15) is 11.8 Å². The smallest absolute Gasteiger partial charge is 0.255 e. The maximum atomic E-state index is 12.3. The number of anilines is 1. The number of carbonyl (C=O) groups is 1. The van der Waals surface area contributed by atoms with Crippen LogP contribution in [0.3, 0.4) is 0 Å². The number of ether oxygens (including phenoxy) is 1. The summed E-state index contributed by atoms with van der Waals surface area (Å²) in [5, 5.41) is 2.86. The van der Waals surface area contributed by atoms with Crippen LogP contribution >= 0.6 is 27.7 Å². The maximum absolute atomic E-state index is 12.3. The molecule has 1 amide bonds. The van der Waals surface area contributed by atoms with Crippen molar-refractivity contribution in [2.24, 2.45) is 0 Å². The lowest BCUT2D eigenvalue weighted by Gasteiger charge is -2.12. The van der Waals surface area contributed by atoms with Crippen molar-refractivity contribution in [3.05, 3.63) is 52.6 Å². The third-order valence-electron chi connectivity index (χ3n) is 3.25. The van der Waals surface area contributed by atoms with Gasteiger partial charge in [-0.25, -0.2) is 4.98 Å². The summed E-state index contributed by atoms with van der Waals surface area (Å²) in [5.41, 5.74) is 1.28. The van der Waals surface area contributed by atoms with Gasteiger partial charge in [0.25, 0.3) is 5.91 Å². The summed E-state index contributed by atoms with van der Waals surface area (Å²) in [6.07, 6.45) is 2.83. The lowest BCUT2D eigenvalue weighted by atomic mass is 10.2. The Labute approximate surface area is 141 Å². The molecule has 6 heteroatoms. The van der Waals surface area contributed by atoms with Crippen molar-refractivity contribution in [1.29, 1.82) is 0 Å². The van der Waals surface area contributed by atoms with Gasteiger partial charge < -0.3 is 10.1 Å². The van der Waals surface area contributed by atoms with Crippen LogP contribution in [0.1, 0.15) is 16.8 Å². The quantitative estimate of drug-likeness (QED) is 0.873. The molecule has 114 valence electrons. The highest BCUT2D eigenvalue weighted by Crippen LogP contribution is 2.23. The third kappa shape index (κ3) is 4.01. The van der Waals surface area contributed by atoms with E-state index in [-0.39, 0.29) is 12.0 Å². The summed E-state index contributed by atoms with van der Waals surface area (Å²) in [6.45, 7) is 0. The number of nitrogens with one attached hydrogen (secondary N) is 1. The average Bonchev–Trinajstić information content (AvgIpc) is 3.00. The van der Waals surface area contributed by atoms with E-state index in [2.05, 4.69) is 26.2 Å². The number of aromatic nitrogens is 1. The fourth-order valence-corrected chi connectivity index (χ4v) is 3.65. The fourth-order valence-electron chi connectivity index (χ4n) is 2.16. The first kappa shape index (κ1) is 15.4. The van der Waals surface area contributed by atoms with Gasteiger partial charge in [-0.3, -0.25) is 4.79 Å². The number of amides is 1. The molecule has 1 aliphatic rings. The molecule has 0 saturated carbocycles. The van der Waals surface area contributed by atoms with Crippen LogP contribution in [0.2, 0.25) is 0 Å². The molecule has 0 bridgehead atoms. The zero-order valence-electron chi connectivity index (χ0n) is 11.8. The molecule has 0 aliphatic carbocycles. The minimum atomic E-state index is -0.175. The topological polar surface area (TPSA) is 51.2 Å². The summed E-state index contributed by atoms with van der Waals surface area (Å²) in [4.78, 5) is 16.5. The highest BCUT2D eigenvalue weighted by atomic mass is 79.9. The minimum absolute atomic E-state index is 0.175. The van der Waals surface area contributed by atoms with E-state index >= 15 is 0 Å². The molecule has 2 aromatic rings. The Kier molecular flexibility index (Phi) is 5.00. The molecule has 1 saturated heterocycles. The molecule has 3 rings (SSSR count). The number of carbonyl (C=O) groups excluding carboxylic acids is 1. The first-order valence-electron chi connectivity index (χ1n) is 6.98. The van der Waals surface area contributed by atoms with Crippen molar-refractivity contribution in [3.8, 4) is 5.88 Å². The fraction of sp³-hybridized carbons (Fsp3) is 0.250. The first-order chi connectivity index (χ1) is 10.7. The van der Waals surface area contributed by atoms with Crippen molar-refractivity contribution in [3.63, 3.8) is 0 Å². The van der Waals surface area contributed by atoms with Gasteiger partial charge in [0, 0.05) is 33.7 Å². The number of halogens is 1. The minimum Gasteiger partial charge on any atom is -0.473 e. The van der Waals surface area contributed by atoms with Crippen LogP contribution in [0.5, 0.6) is 5.88 Å². The van der Waals surface area contributed by atoms with Crippen LogP contribution in [-0.2, 0) is 0 Å². The van der Waals surface area contributed by atoms with E-state index in [0.29, 0.717) is 11.4 Å². The zero-order chi connectivity index (χ0) is 15.4. The lowest BCUT2D eigenvalue weighted by molar-refractivity contribution is 0.102. The molecule has 1 aliphatic heterocycles. The van der Waals surface area contributed by atoms with Crippen LogP contribution in [0.4, 0.5) is 5.69 Å². The van der Waals surface area contributed by atoms with Gasteiger partial charge >= 0.3 is 0 Å². The molecule has 22 heavy (non-hydrogen) atoms. The molecule has 0 unspecified atom stereocenters. The van der Waals surface area contributed by atoms with E-state index in [4.69, 9.17) is 4.74 Å². The second-order valence-electron chi connectivity index (χ2n) is 4.95. The van der Waals surface area contributed by atoms with Crippen LogP contribution in [0.15, 0.2) is 47.1 Å². The van der Waals surface area contributed by atoms with Gasteiger partial charge in [-0.15, -0.1) is 0 Å². The summed E-state index contributed by atoms with van der Waals surface area (Å²) >= 11 is 5.26. The highest BCUT2D eigenvalue weighted by molar-refractivity contribution is 9.10. The van der Waals surface area contributed by atoms with Crippen LogP contribution in [-0.4, -0.2) is 28.5 Å². The molecule has 1 N–H and O–H groups in total. The van der Waals surface area contributed by atoms with E-state index in [1.165, 1.54) is 0 Å². The second-order valence-corrected chi connectivity index (χ2v) is 7.02. The van der Waals surface area contributed by atoms with Gasteiger partial charge in [0.1, 0.15) is 6.10 Å². The Morgan fingerprint density at radius 1 is 1.36 bits per heavy atom. The summed E-state index contributed by atoms with van der Waals surface area (Å²) in [5.74, 6) is 2.43. The molecule has 1 fully saturated rings. The molecular formula is C16H15BrN2O2S. The normalized spacial score (nSPS) is 17.2. The Balaban J connectivity index is 1.69. The number of benzene rings is 1. The van der Waals surface area contributed by atoms with Gasteiger partial charge in [0.05, 0.1) is 0 Å². The summed E-state index contributed by atoms with van der Waals surface area (Å²) in [6, 6.07) is 10.9. The number of rotatable bonds is 4. The van der Waals surface area contributed by atoms with Gasteiger partial charge in [0.2, 0.25) is 5.88 Å². The van der Waals surface area contributed by atoms with Gasteiger partial charge in [-0.05, 0) is 36.4 Å². The van der Waals surface area contributed by atoms with E-state index in [9.17, 15) is 4.79 Å². The number of thioether (sulfide) groups is 1. The monoisotopic (exact) mass is 378 g/mol. The van der Waals surface area contributed by atoms with Crippen LogP contribution in [0.25, 0.3) is 0 Å². The van der Waals surface area contributed by atoms with E-state index in [1.807, 2.05) is 36.0 Å². The standard InChI is InChI=1S/C16H15BrN2O2S/c17-12-2-1-3-13(9-12)19-16(20)11-4-6-18-15(8-11)21-14-5-7-22-10-14/h1-4,6,8-9,14H,5,7,10H2,(H,19,20)/t14-/m1/s1. The van der Waals surface area contributed by atoms with Crippen molar-refractivity contribution < 1.29 is 9.53 Å². The van der Waals surface area contributed by atoms with Gasteiger partial charge in [0.15, 0.2) is 0 Å². The zero-order valence-corrected chi connectivity index (χ0v) is 14.2. The Hall–Kier alpha value is -1.53. The number of hydrogen-bond acceptors (Lipinski definition) is 4. The van der Waals surface area contributed by atoms with Crippen molar-refractivity contribution in [2.45, 2.75) is 12.5 Å². The lowest BCUT2D eigenvalue weighted by Crippen LogP contribution is -2.17. The summed E-state index contributed by atoms with van der Waals surface area (Å²) < 4.78 is 6.74. The maximum Gasteiger partial charge on any atom is 0.255 e. The Bertz CT molecular complexity index is 675. The Morgan fingerprint density at radius 2 is 2.27 bits per heavy atom. The number of pyridine rings is 1. The molecule has 4 nitrogen and oxygen atoms in total. The average molecular weight is 379 g/mol. The second kappa shape index (κ2) is 7.15. The molecule has 1 aromatic carbocycles. The van der Waals surface area contributed by atoms with E-state index in [1.54, 1.807) is 18.3 Å². The molecule has 2 heterocycles. The molecule has 1 aromatic heterocycles. The van der Waals surface area contributed by atoms with Crippen molar-refractivity contribution >= 4 is 39.3 Å². The third-order valence-corrected chi connectivity index (χ3v) is 4.88. The van der Waals surface area contributed by atoms with E-state index < -0.39 is 0 Å². The predicted molar refractivity (Wildman–Crippen MR) is 92.7 cm³/mol. The molecular weight excluding hydrogens is 364 g/mol.